The van der Waals surface area contributed by atoms with Gasteiger partial charge < -0.3 is 15.4 Å². The van der Waals surface area contributed by atoms with E-state index in [0.717, 1.165) is 25.1 Å². The predicted octanol–water partition coefficient (Wildman–Crippen LogP) is 3.74. The summed E-state index contributed by atoms with van der Waals surface area (Å²) in [4.78, 5) is 4.91. The van der Waals surface area contributed by atoms with E-state index in [1.54, 1.807) is 12.1 Å². The summed E-state index contributed by atoms with van der Waals surface area (Å²) in [5, 5.41) is 6.78. The highest BCUT2D eigenvalue weighted by Gasteiger charge is 2.59. The SMILES string of the molecule is CCNC(=NCCS(=O)(=O)c1ccc(C(C)(C)C)cc1)NC1C2CCOC2C1(C)C.I. The highest BCUT2D eigenvalue weighted by molar-refractivity contribution is 14.0. The van der Waals surface area contributed by atoms with Gasteiger partial charge in [0.05, 0.1) is 23.3 Å². The Morgan fingerprint density at radius 2 is 1.87 bits per heavy atom. The van der Waals surface area contributed by atoms with Gasteiger partial charge in [-0.3, -0.25) is 4.99 Å². The number of nitrogens with one attached hydrogen (secondary N) is 2. The number of nitrogens with zero attached hydrogens (tertiary/aromatic N) is 1. The van der Waals surface area contributed by atoms with Gasteiger partial charge in [0, 0.05) is 30.5 Å². The van der Waals surface area contributed by atoms with Gasteiger partial charge in [-0.15, -0.1) is 24.0 Å². The van der Waals surface area contributed by atoms with Gasteiger partial charge in [-0.25, -0.2) is 8.42 Å². The van der Waals surface area contributed by atoms with E-state index in [-0.39, 0.29) is 53.1 Å². The van der Waals surface area contributed by atoms with Crippen LogP contribution in [0.2, 0.25) is 0 Å². The summed E-state index contributed by atoms with van der Waals surface area (Å²) in [5.41, 5.74) is 1.16. The Hall–Kier alpha value is -0.870. The summed E-state index contributed by atoms with van der Waals surface area (Å²) in [6, 6.07) is 7.51. The van der Waals surface area contributed by atoms with Crippen LogP contribution in [0.15, 0.2) is 34.2 Å². The van der Waals surface area contributed by atoms with Crippen molar-refractivity contribution >= 4 is 39.8 Å². The average Bonchev–Trinajstić information content (AvgIpc) is 3.12. The first-order valence-corrected chi connectivity index (χ1v) is 12.6. The van der Waals surface area contributed by atoms with Crippen LogP contribution in [0.3, 0.4) is 0 Å². The molecule has 0 aromatic heterocycles. The zero-order valence-electron chi connectivity index (χ0n) is 19.6. The van der Waals surface area contributed by atoms with E-state index in [2.05, 4.69) is 50.2 Å². The van der Waals surface area contributed by atoms with Crippen LogP contribution in [0.25, 0.3) is 0 Å². The van der Waals surface area contributed by atoms with E-state index >= 15 is 0 Å². The van der Waals surface area contributed by atoms with E-state index in [9.17, 15) is 8.42 Å². The van der Waals surface area contributed by atoms with Crippen LogP contribution < -0.4 is 10.6 Å². The highest BCUT2D eigenvalue weighted by Crippen LogP contribution is 2.52. The van der Waals surface area contributed by atoms with Crippen molar-refractivity contribution < 1.29 is 13.2 Å². The van der Waals surface area contributed by atoms with Crippen molar-refractivity contribution in [2.75, 3.05) is 25.4 Å². The number of ether oxygens (including phenoxy) is 1. The minimum atomic E-state index is -3.37. The van der Waals surface area contributed by atoms with Crippen molar-refractivity contribution in [3.05, 3.63) is 29.8 Å². The van der Waals surface area contributed by atoms with E-state index in [0.29, 0.717) is 22.9 Å². The van der Waals surface area contributed by atoms with Crippen molar-refractivity contribution in [3.8, 4) is 0 Å². The van der Waals surface area contributed by atoms with E-state index in [1.807, 2.05) is 19.1 Å². The molecular weight excluding hydrogens is 525 g/mol. The van der Waals surface area contributed by atoms with Crippen LogP contribution in [-0.4, -0.2) is 52.0 Å². The molecule has 3 rings (SSSR count). The lowest BCUT2D eigenvalue weighted by atomic mass is 9.57. The van der Waals surface area contributed by atoms with E-state index in [4.69, 9.17) is 4.74 Å². The summed E-state index contributed by atoms with van der Waals surface area (Å²) in [6.07, 6.45) is 1.36. The van der Waals surface area contributed by atoms with Gasteiger partial charge in [-0.1, -0.05) is 46.8 Å². The molecule has 1 aromatic rings. The van der Waals surface area contributed by atoms with E-state index in [1.165, 1.54) is 0 Å². The molecule has 176 valence electrons. The first-order chi connectivity index (χ1) is 14.0. The fourth-order valence-electron chi connectivity index (χ4n) is 4.64. The maximum atomic E-state index is 12.7. The number of benzene rings is 1. The first kappa shape index (κ1) is 26.4. The molecule has 1 aliphatic heterocycles. The van der Waals surface area contributed by atoms with Gasteiger partial charge >= 0.3 is 0 Å². The fraction of sp³-hybridized carbons (Fsp3) is 0.696. The number of hydrogen-bond acceptors (Lipinski definition) is 4. The molecule has 3 atom stereocenters. The molecule has 1 saturated heterocycles. The van der Waals surface area contributed by atoms with Gasteiger partial charge in [-0.05, 0) is 36.5 Å². The molecule has 0 amide bonds. The van der Waals surface area contributed by atoms with Crippen molar-refractivity contribution in [2.24, 2.45) is 16.3 Å². The number of sulfone groups is 1. The largest absolute Gasteiger partial charge is 0.377 e. The number of hydrogen-bond donors (Lipinski definition) is 2. The molecule has 1 saturated carbocycles. The molecule has 1 heterocycles. The van der Waals surface area contributed by atoms with Crippen LogP contribution in [-0.2, 0) is 20.0 Å². The third kappa shape index (κ3) is 5.74. The maximum Gasteiger partial charge on any atom is 0.191 e. The molecule has 2 aliphatic rings. The fourth-order valence-corrected chi connectivity index (χ4v) is 5.76. The summed E-state index contributed by atoms with van der Waals surface area (Å²) in [5.74, 6) is 1.16. The number of aliphatic imine (C=N–C) groups is 1. The Morgan fingerprint density at radius 3 is 2.45 bits per heavy atom. The molecule has 2 fully saturated rings. The Bertz CT molecular complexity index is 876. The summed E-state index contributed by atoms with van der Waals surface area (Å²) >= 11 is 0. The lowest BCUT2D eigenvalue weighted by Gasteiger charge is -2.54. The lowest BCUT2D eigenvalue weighted by Crippen LogP contribution is -2.68. The Morgan fingerprint density at radius 1 is 1.23 bits per heavy atom. The van der Waals surface area contributed by atoms with Crippen LogP contribution in [0.1, 0.15) is 53.5 Å². The molecule has 6 nitrogen and oxygen atoms in total. The van der Waals surface area contributed by atoms with Gasteiger partial charge in [0.1, 0.15) is 0 Å². The summed E-state index contributed by atoms with van der Waals surface area (Å²) < 4.78 is 31.4. The normalized spacial score (nSPS) is 25.2. The van der Waals surface area contributed by atoms with Crippen LogP contribution in [0, 0.1) is 11.3 Å². The molecule has 1 aliphatic carbocycles. The van der Waals surface area contributed by atoms with E-state index < -0.39 is 9.84 Å². The third-order valence-electron chi connectivity index (χ3n) is 6.45. The third-order valence-corrected chi connectivity index (χ3v) is 8.16. The first-order valence-electron chi connectivity index (χ1n) is 11.0. The number of guanidine groups is 1. The molecule has 8 heteroatoms. The van der Waals surface area contributed by atoms with Crippen molar-refractivity contribution in [3.63, 3.8) is 0 Å². The number of fused-ring (bicyclic) bond motifs is 1. The smallest absolute Gasteiger partial charge is 0.191 e. The minimum Gasteiger partial charge on any atom is -0.377 e. The number of halogens is 1. The maximum absolute atomic E-state index is 12.7. The van der Waals surface area contributed by atoms with Crippen molar-refractivity contribution in [1.82, 2.24) is 10.6 Å². The van der Waals surface area contributed by atoms with Crippen LogP contribution in [0.4, 0.5) is 0 Å². The molecule has 3 unspecified atom stereocenters. The summed E-state index contributed by atoms with van der Waals surface area (Å²) in [7, 11) is -3.37. The van der Waals surface area contributed by atoms with Crippen molar-refractivity contribution in [1.29, 1.82) is 0 Å². The second kappa shape index (κ2) is 9.95. The zero-order valence-corrected chi connectivity index (χ0v) is 22.7. The van der Waals surface area contributed by atoms with Gasteiger partial charge in [0.2, 0.25) is 0 Å². The molecule has 0 radical (unpaired) electrons. The standard InChI is InChI=1S/C23H37N3O3S.HI/c1-7-24-21(26-19-18-12-14-29-20(18)23(19,5)6)25-13-15-30(27,28)17-10-8-16(9-11-17)22(2,3)4;/h8-11,18-20H,7,12-15H2,1-6H3,(H2,24,25,26);1H. The average molecular weight is 564 g/mol. The van der Waals surface area contributed by atoms with Gasteiger partial charge in [-0.2, -0.15) is 0 Å². The lowest BCUT2D eigenvalue weighted by molar-refractivity contribution is -0.106. The Balaban J connectivity index is 0.00000341. The zero-order chi connectivity index (χ0) is 22.2. The molecule has 1 aromatic carbocycles. The second-order valence-corrected chi connectivity index (χ2v) is 12.2. The second-order valence-electron chi connectivity index (χ2n) is 10.0. The summed E-state index contributed by atoms with van der Waals surface area (Å²) in [6.45, 7) is 14.5. The highest BCUT2D eigenvalue weighted by atomic mass is 127. The monoisotopic (exact) mass is 563 g/mol. The predicted molar refractivity (Wildman–Crippen MR) is 137 cm³/mol. The molecule has 31 heavy (non-hydrogen) atoms. The molecule has 2 N–H and O–H groups in total. The minimum absolute atomic E-state index is 0. The molecular formula is C23H38IN3O3S. The Labute approximate surface area is 205 Å². The van der Waals surface area contributed by atoms with Crippen LogP contribution in [0.5, 0.6) is 0 Å². The topological polar surface area (TPSA) is 79.8 Å². The van der Waals surface area contributed by atoms with Gasteiger partial charge in [0.25, 0.3) is 0 Å². The quantitative estimate of drug-likeness (QED) is 0.313. The van der Waals surface area contributed by atoms with Crippen molar-refractivity contribution in [2.45, 2.75) is 70.4 Å². The Kier molecular flexibility index (Phi) is 8.47. The molecule has 0 bridgehead atoms. The number of rotatable bonds is 6. The molecule has 0 spiro atoms. The van der Waals surface area contributed by atoms with Crippen LogP contribution >= 0.6 is 24.0 Å². The van der Waals surface area contributed by atoms with Gasteiger partial charge in [0.15, 0.2) is 15.8 Å².